The summed E-state index contributed by atoms with van der Waals surface area (Å²) in [5.74, 6) is 0.333. The normalized spacial score (nSPS) is 20.2. The molecule has 2 aromatic carbocycles. The maximum atomic E-state index is 14.0. The molecule has 1 fully saturated rings. The number of piperazine rings is 1. The molecule has 0 bridgehead atoms. The smallest absolute Gasteiger partial charge is 0.410 e. The van der Waals surface area contributed by atoms with Gasteiger partial charge in [0.1, 0.15) is 17.1 Å². The molecule has 7 nitrogen and oxygen atoms in total. The average Bonchev–Trinajstić information content (AvgIpc) is 3.31. The fraction of sp³-hybridized carbons (Fsp3) is 0.360. The van der Waals surface area contributed by atoms with E-state index in [9.17, 15) is 18.0 Å². The van der Waals surface area contributed by atoms with Gasteiger partial charge in [0, 0.05) is 38.3 Å². The predicted molar refractivity (Wildman–Crippen MR) is 126 cm³/mol. The molecule has 1 N–H and O–H groups in total. The first-order valence-corrected chi connectivity index (χ1v) is 11.5. The van der Waals surface area contributed by atoms with Crippen molar-refractivity contribution in [1.29, 1.82) is 0 Å². The van der Waals surface area contributed by atoms with Gasteiger partial charge >= 0.3 is 6.18 Å². The third kappa shape index (κ3) is 4.52. The Morgan fingerprint density at radius 2 is 1.80 bits per heavy atom. The molecule has 184 valence electrons. The van der Waals surface area contributed by atoms with Crippen molar-refractivity contribution in [2.45, 2.75) is 24.7 Å². The summed E-state index contributed by atoms with van der Waals surface area (Å²) in [7, 11) is 1.51. The fourth-order valence-electron chi connectivity index (χ4n) is 4.77. The van der Waals surface area contributed by atoms with Crippen LogP contribution in [0.1, 0.15) is 34.4 Å². The number of carbonyl (C=O) groups is 1. The number of amides is 1. The molecule has 1 saturated heterocycles. The van der Waals surface area contributed by atoms with E-state index in [1.807, 2.05) is 30.3 Å². The maximum Gasteiger partial charge on any atom is 0.410 e. The lowest BCUT2D eigenvalue weighted by Crippen LogP contribution is -2.49. The highest BCUT2D eigenvalue weighted by Gasteiger charge is 2.47. The third-order valence-electron chi connectivity index (χ3n) is 6.65. The number of aromatic nitrogens is 2. The molecule has 0 saturated carbocycles. The second kappa shape index (κ2) is 9.16. The highest BCUT2D eigenvalue weighted by molar-refractivity contribution is 5.99. The molecule has 0 spiro atoms. The molecular weight excluding hydrogens is 459 g/mol. The first kappa shape index (κ1) is 23.1. The molecule has 3 aromatic rings. The van der Waals surface area contributed by atoms with E-state index in [0.29, 0.717) is 37.5 Å². The Morgan fingerprint density at radius 3 is 2.49 bits per heavy atom. The number of hydrogen-bond acceptors (Lipinski definition) is 5. The summed E-state index contributed by atoms with van der Waals surface area (Å²) >= 11 is 0. The first-order valence-electron chi connectivity index (χ1n) is 11.5. The van der Waals surface area contributed by atoms with Gasteiger partial charge in [-0.1, -0.05) is 30.3 Å². The van der Waals surface area contributed by atoms with Crippen molar-refractivity contribution in [3.8, 4) is 5.75 Å². The maximum absolute atomic E-state index is 14.0. The van der Waals surface area contributed by atoms with Crippen molar-refractivity contribution < 1.29 is 22.7 Å². The summed E-state index contributed by atoms with van der Waals surface area (Å²) in [5.41, 5.74) is 1.89. The average molecular weight is 486 g/mol. The number of alkyl halides is 3. The van der Waals surface area contributed by atoms with Crippen LogP contribution in [0.2, 0.25) is 0 Å². The third-order valence-corrected chi connectivity index (χ3v) is 6.65. The zero-order valence-electron chi connectivity index (χ0n) is 19.2. The molecule has 0 unspecified atom stereocenters. The van der Waals surface area contributed by atoms with Crippen molar-refractivity contribution >= 4 is 17.4 Å². The Morgan fingerprint density at radius 1 is 1.06 bits per heavy atom. The number of methoxy groups -OCH3 is 1. The lowest BCUT2D eigenvalue weighted by molar-refractivity contribution is -0.173. The van der Waals surface area contributed by atoms with Gasteiger partial charge in [-0.15, -0.1) is 0 Å². The number of halogens is 3. The molecule has 2 aliphatic rings. The van der Waals surface area contributed by atoms with E-state index in [0.717, 1.165) is 10.4 Å². The number of nitrogens with one attached hydrogen (secondary N) is 1. The highest BCUT2D eigenvalue weighted by atomic mass is 19.4. The number of para-hydroxylation sites is 1. The zero-order chi connectivity index (χ0) is 24.6. The number of carbonyl (C=O) groups excluding carboxylic acids is 1. The van der Waals surface area contributed by atoms with E-state index in [1.54, 1.807) is 29.2 Å². The monoisotopic (exact) mass is 485 g/mol. The van der Waals surface area contributed by atoms with Crippen LogP contribution >= 0.6 is 0 Å². The lowest BCUT2D eigenvalue weighted by Gasteiger charge is -2.37. The molecule has 3 heterocycles. The number of benzene rings is 2. The Labute approximate surface area is 201 Å². The number of fused-ring (bicyclic) bond motifs is 1. The van der Waals surface area contributed by atoms with Crippen molar-refractivity contribution in [1.82, 2.24) is 14.7 Å². The summed E-state index contributed by atoms with van der Waals surface area (Å²) in [6.07, 6.45) is -3.50. The molecule has 35 heavy (non-hydrogen) atoms. The van der Waals surface area contributed by atoms with Crippen molar-refractivity contribution in [2.24, 2.45) is 0 Å². The molecule has 1 amide bonds. The van der Waals surface area contributed by atoms with Gasteiger partial charge in [-0.2, -0.15) is 18.3 Å². The molecule has 5 rings (SSSR count). The summed E-state index contributed by atoms with van der Waals surface area (Å²) in [6.45, 7) is 2.23. The quantitative estimate of drug-likeness (QED) is 0.589. The van der Waals surface area contributed by atoms with E-state index in [4.69, 9.17) is 4.74 Å². The fourth-order valence-corrected chi connectivity index (χ4v) is 4.77. The van der Waals surface area contributed by atoms with E-state index >= 15 is 0 Å². The summed E-state index contributed by atoms with van der Waals surface area (Å²) in [5, 5.41) is 7.15. The van der Waals surface area contributed by atoms with Gasteiger partial charge in [-0.05, 0) is 29.8 Å². The summed E-state index contributed by atoms with van der Waals surface area (Å²) in [6, 6.07) is 14.4. The Kier molecular flexibility index (Phi) is 6.04. The van der Waals surface area contributed by atoms with E-state index in [1.165, 1.54) is 13.3 Å². The van der Waals surface area contributed by atoms with Crippen molar-refractivity contribution in [2.75, 3.05) is 43.5 Å². The molecule has 1 aromatic heterocycles. The SMILES string of the molecule is COc1cccc([C@H]2C[C@H](C(F)(F)F)n3ncc(C(=O)N4CCN(c5ccccc5)CC4)c3N2)c1. The van der Waals surface area contributed by atoms with E-state index in [2.05, 4.69) is 15.3 Å². The van der Waals surface area contributed by atoms with E-state index < -0.39 is 18.3 Å². The van der Waals surface area contributed by atoms with Crippen molar-refractivity contribution in [3.05, 3.63) is 71.9 Å². The van der Waals surface area contributed by atoms with Gasteiger partial charge in [-0.3, -0.25) is 4.79 Å². The Balaban J connectivity index is 1.39. The second-order valence-corrected chi connectivity index (χ2v) is 8.73. The largest absolute Gasteiger partial charge is 0.497 e. The van der Waals surface area contributed by atoms with Gasteiger partial charge in [0.2, 0.25) is 0 Å². The summed E-state index contributed by atoms with van der Waals surface area (Å²) < 4.78 is 48.2. The minimum absolute atomic E-state index is 0.0990. The van der Waals surface area contributed by atoms with Crippen LogP contribution in [0.3, 0.4) is 0 Å². The molecule has 2 atom stereocenters. The Hall–Kier alpha value is -3.69. The number of ether oxygens (including phenoxy) is 1. The molecule has 0 radical (unpaired) electrons. The molecular formula is C25H26F3N5O2. The van der Waals surface area contributed by atoms with Gasteiger partial charge in [-0.25, -0.2) is 4.68 Å². The molecule has 2 aliphatic heterocycles. The van der Waals surface area contributed by atoms with E-state index in [-0.39, 0.29) is 23.7 Å². The molecule has 10 heteroatoms. The van der Waals surface area contributed by atoms with Crippen LogP contribution in [0, 0.1) is 0 Å². The topological polar surface area (TPSA) is 62.6 Å². The second-order valence-electron chi connectivity index (χ2n) is 8.73. The van der Waals surface area contributed by atoms with Gasteiger partial charge < -0.3 is 19.9 Å². The minimum Gasteiger partial charge on any atom is -0.497 e. The van der Waals surface area contributed by atoms with Crippen LogP contribution in [0.25, 0.3) is 0 Å². The van der Waals surface area contributed by atoms with Crippen LogP contribution in [0.4, 0.5) is 24.7 Å². The minimum atomic E-state index is -4.51. The summed E-state index contributed by atoms with van der Waals surface area (Å²) in [4.78, 5) is 17.3. The number of hydrogen-bond donors (Lipinski definition) is 1. The van der Waals surface area contributed by atoms with Crippen LogP contribution < -0.4 is 15.0 Å². The highest BCUT2D eigenvalue weighted by Crippen LogP contribution is 2.44. The zero-order valence-corrected chi connectivity index (χ0v) is 19.2. The van der Waals surface area contributed by atoms with Gasteiger partial charge in [0.25, 0.3) is 5.91 Å². The predicted octanol–water partition coefficient (Wildman–Crippen LogP) is 4.51. The lowest BCUT2D eigenvalue weighted by atomic mass is 9.96. The van der Waals surface area contributed by atoms with Crippen LogP contribution in [0.5, 0.6) is 5.75 Å². The first-order chi connectivity index (χ1) is 16.8. The van der Waals surface area contributed by atoms with Gasteiger partial charge in [0.15, 0.2) is 6.04 Å². The molecule has 0 aliphatic carbocycles. The van der Waals surface area contributed by atoms with Crippen molar-refractivity contribution in [3.63, 3.8) is 0 Å². The number of anilines is 2. The van der Waals surface area contributed by atoms with Crippen LogP contribution in [-0.2, 0) is 0 Å². The Bertz CT molecular complexity index is 1190. The number of nitrogens with zero attached hydrogens (tertiary/aromatic N) is 4. The van der Waals surface area contributed by atoms with Gasteiger partial charge in [0.05, 0.1) is 19.3 Å². The number of rotatable bonds is 4. The standard InChI is InChI=1S/C25H26F3N5O2/c1-35-19-9-5-6-17(14-19)21-15-22(25(26,27)28)33-23(30-21)20(16-29-33)24(34)32-12-10-31(11-13-32)18-7-3-2-4-8-18/h2-9,14,16,21-22,30H,10-13,15H2,1H3/t21-,22-/m1/s1. The van der Waals surface area contributed by atoms with Crippen LogP contribution in [0.15, 0.2) is 60.8 Å². The van der Waals surface area contributed by atoms with Crippen LogP contribution in [-0.4, -0.2) is 60.1 Å².